The minimum atomic E-state index is -0.289. The number of pyridine rings is 1. The van der Waals surface area contributed by atoms with Crippen LogP contribution in [0.1, 0.15) is 40.5 Å². The molecule has 7 heteroatoms. The monoisotopic (exact) mass is 456 g/mol. The van der Waals surface area contributed by atoms with Gasteiger partial charge < -0.3 is 14.7 Å². The molecule has 2 atom stereocenters. The maximum atomic E-state index is 13.4. The maximum Gasteiger partial charge on any atom is 0.273 e. The lowest BCUT2D eigenvalue weighted by molar-refractivity contribution is 0.0587. The van der Waals surface area contributed by atoms with E-state index in [4.69, 9.17) is 27.9 Å². The third-order valence-electron chi connectivity index (χ3n) is 5.45. The number of carbonyl (C=O) groups excluding carboxylic acids is 1. The van der Waals surface area contributed by atoms with Crippen LogP contribution in [0.4, 0.5) is 0 Å². The number of rotatable bonds is 6. The topological polar surface area (TPSA) is 62.7 Å². The SMILES string of the molecule is O=C(c1cccc(OCc2ccccc2)n1)N1C(CO)CCC1c1ccc(Cl)c(Cl)c1. The van der Waals surface area contributed by atoms with Crippen LogP contribution >= 0.6 is 23.2 Å². The van der Waals surface area contributed by atoms with Crippen LogP contribution in [-0.4, -0.2) is 33.5 Å². The molecule has 1 aliphatic heterocycles. The molecule has 0 spiro atoms. The number of aliphatic hydroxyl groups is 1. The molecule has 4 rings (SSSR count). The highest BCUT2D eigenvalue weighted by Gasteiger charge is 2.38. The van der Waals surface area contributed by atoms with Crippen molar-refractivity contribution < 1.29 is 14.6 Å². The van der Waals surface area contributed by atoms with E-state index in [1.807, 2.05) is 36.4 Å². The lowest BCUT2D eigenvalue weighted by Crippen LogP contribution is -2.39. The fraction of sp³-hybridized carbons (Fsp3) is 0.250. The summed E-state index contributed by atoms with van der Waals surface area (Å²) in [7, 11) is 0. The molecule has 0 bridgehead atoms. The Bertz CT molecular complexity index is 1060. The van der Waals surface area contributed by atoms with E-state index < -0.39 is 0 Å². The molecule has 0 saturated carbocycles. The summed E-state index contributed by atoms with van der Waals surface area (Å²) in [5, 5.41) is 10.8. The second kappa shape index (κ2) is 9.69. The molecule has 1 aromatic heterocycles. The van der Waals surface area contributed by atoms with Gasteiger partial charge >= 0.3 is 0 Å². The Morgan fingerprint density at radius 2 is 1.84 bits per heavy atom. The Morgan fingerprint density at radius 1 is 1.03 bits per heavy atom. The Balaban J connectivity index is 1.56. The maximum absolute atomic E-state index is 13.4. The van der Waals surface area contributed by atoms with E-state index in [1.165, 1.54) is 0 Å². The highest BCUT2D eigenvalue weighted by atomic mass is 35.5. The van der Waals surface area contributed by atoms with Crippen LogP contribution in [-0.2, 0) is 6.61 Å². The average Bonchev–Trinajstić information content (AvgIpc) is 3.24. The minimum absolute atomic E-state index is 0.117. The Hall–Kier alpha value is -2.60. The molecule has 31 heavy (non-hydrogen) atoms. The molecule has 2 aromatic carbocycles. The van der Waals surface area contributed by atoms with E-state index in [0.717, 1.165) is 17.5 Å². The standard InChI is InChI=1S/C24H22Cl2N2O3/c25-19-11-9-17(13-20(19)26)22-12-10-18(14-29)28(22)24(30)21-7-4-8-23(27-21)31-15-16-5-2-1-3-6-16/h1-9,11,13,18,22,29H,10,12,14-15H2. The molecule has 1 aliphatic rings. The van der Waals surface area contributed by atoms with Crippen molar-refractivity contribution in [1.82, 2.24) is 9.88 Å². The molecule has 3 aromatic rings. The highest BCUT2D eigenvalue weighted by molar-refractivity contribution is 6.42. The van der Waals surface area contributed by atoms with Gasteiger partial charge in [-0.2, -0.15) is 0 Å². The van der Waals surface area contributed by atoms with E-state index in [1.54, 1.807) is 35.2 Å². The fourth-order valence-electron chi connectivity index (χ4n) is 3.89. The average molecular weight is 457 g/mol. The van der Waals surface area contributed by atoms with Gasteiger partial charge in [-0.05, 0) is 42.2 Å². The van der Waals surface area contributed by atoms with Crippen LogP contribution in [0.15, 0.2) is 66.7 Å². The van der Waals surface area contributed by atoms with Crippen molar-refractivity contribution in [3.8, 4) is 5.88 Å². The molecule has 0 aliphatic carbocycles. The first kappa shape index (κ1) is 21.6. The number of amides is 1. The van der Waals surface area contributed by atoms with E-state index in [9.17, 15) is 9.90 Å². The molecule has 2 heterocycles. The zero-order valence-electron chi connectivity index (χ0n) is 16.7. The number of aliphatic hydroxyl groups excluding tert-OH is 1. The molecular formula is C24H22Cl2N2O3. The molecule has 1 saturated heterocycles. The third-order valence-corrected chi connectivity index (χ3v) is 6.19. The Morgan fingerprint density at radius 3 is 2.58 bits per heavy atom. The number of aromatic nitrogens is 1. The van der Waals surface area contributed by atoms with Crippen LogP contribution in [0.3, 0.4) is 0 Å². The first-order chi connectivity index (χ1) is 15.1. The van der Waals surface area contributed by atoms with Gasteiger partial charge in [0, 0.05) is 6.07 Å². The van der Waals surface area contributed by atoms with Crippen molar-refractivity contribution in [2.75, 3.05) is 6.61 Å². The summed E-state index contributed by atoms with van der Waals surface area (Å²) in [5.41, 5.74) is 2.17. The van der Waals surface area contributed by atoms with Crippen molar-refractivity contribution in [2.45, 2.75) is 31.5 Å². The number of benzene rings is 2. The number of carbonyl (C=O) groups is 1. The van der Waals surface area contributed by atoms with Gasteiger partial charge in [0.25, 0.3) is 5.91 Å². The summed E-state index contributed by atoms with van der Waals surface area (Å²) < 4.78 is 5.78. The van der Waals surface area contributed by atoms with Crippen LogP contribution in [0.25, 0.3) is 0 Å². The highest BCUT2D eigenvalue weighted by Crippen LogP contribution is 2.39. The van der Waals surface area contributed by atoms with Crippen LogP contribution in [0, 0.1) is 0 Å². The zero-order valence-corrected chi connectivity index (χ0v) is 18.3. The number of nitrogens with zero attached hydrogens (tertiary/aromatic N) is 2. The second-order valence-corrected chi connectivity index (χ2v) is 8.27. The number of likely N-dealkylation sites (tertiary alicyclic amines) is 1. The van der Waals surface area contributed by atoms with Crippen molar-refractivity contribution in [2.24, 2.45) is 0 Å². The molecular weight excluding hydrogens is 435 g/mol. The third kappa shape index (κ3) is 4.85. The summed E-state index contributed by atoms with van der Waals surface area (Å²) in [6.07, 6.45) is 1.41. The van der Waals surface area contributed by atoms with E-state index in [-0.39, 0.29) is 30.3 Å². The first-order valence-corrected chi connectivity index (χ1v) is 10.8. The predicted octanol–water partition coefficient (Wildman–Crippen LogP) is 5.31. The lowest BCUT2D eigenvalue weighted by atomic mass is 10.0. The van der Waals surface area contributed by atoms with Crippen LogP contribution in [0.5, 0.6) is 5.88 Å². The molecule has 2 unspecified atom stereocenters. The zero-order chi connectivity index (χ0) is 21.8. The van der Waals surface area contributed by atoms with Gasteiger partial charge in [-0.25, -0.2) is 4.98 Å². The smallest absolute Gasteiger partial charge is 0.273 e. The van der Waals surface area contributed by atoms with Gasteiger partial charge in [-0.3, -0.25) is 4.79 Å². The Labute approximate surface area is 191 Å². The van der Waals surface area contributed by atoms with Gasteiger partial charge in [-0.1, -0.05) is 65.7 Å². The summed E-state index contributed by atoms with van der Waals surface area (Å²) in [6.45, 7) is 0.244. The van der Waals surface area contributed by atoms with Gasteiger partial charge in [0.2, 0.25) is 5.88 Å². The molecule has 0 radical (unpaired) electrons. The second-order valence-electron chi connectivity index (χ2n) is 7.45. The number of halogens is 2. The van der Waals surface area contributed by atoms with Gasteiger partial charge in [-0.15, -0.1) is 0 Å². The molecule has 1 N–H and O–H groups in total. The first-order valence-electron chi connectivity index (χ1n) is 10.1. The van der Waals surface area contributed by atoms with Crippen LogP contribution < -0.4 is 4.74 Å². The van der Waals surface area contributed by atoms with Crippen molar-refractivity contribution in [1.29, 1.82) is 0 Å². The summed E-state index contributed by atoms with van der Waals surface area (Å²) in [4.78, 5) is 19.5. The molecule has 160 valence electrons. The Kier molecular flexibility index (Phi) is 6.76. The minimum Gasteiger partial charge on any atom is -0.473 e. The van der Waals surface area contributed by atoms with Crippen molar-refractivity contribution in [3.63, 3.8) is 0 Å². The van der Waals surface area contributed by atoms with E-state index in [2.05, 4.69) is 4.98 Å². The number of hydrogen-bond acceptors (Lipinski definition) is 4. The number of ether oxygens (including phenoxy) is 1. The largest absolute Gasteiger partial charge is 0.473 e. The van der Waals surface area contributed by atoms with Gasteiger partial charge in [0.15, 0.2) is 0 Å². The van der Waals surface area contributed by atoms with Crippen LogP contribution in [0.2, 0.25) is 10.0 Å². The van der Waals surface area contributed by atoms with Crippen molar-refractivity contribution in [3.05, 3.63) is 93.6 Å². The van der Waals surface area contributed by atoms with E-state index in [0.29, 0.717) is 29.0 Å². The lowest BCUT2D eigenvalue weighted by Gasteiger charge is -2.30. The summed E-state index contributed by atoms with van der Waals surface area (Å²) >= 11 is 12.3. The summed E-state index contributed by atoms with van der Waals surface area (Å²) in [5.74, 6) is 0.123. The molecule has 5 nitrogen and oxygen atoms in total. The van der Waals surface area contributed by atoms with E-state index >= 15 is 0 Å². The predicted molar refractivity (Wildman–Crippen MR) is 120 cm³/mol. The summed E-state index contributed by atoms with van der Waals surface area (Å²) in [6, 6.07) is 19.8. The number of hydrogen-bond donors (Lipinski definition) is 1. The molecule has 1 amide bonds. The quantitative estimate of drug-likeness (QED) is 0.545. The van der Waals surface area contributed by atoms with Gasteiger partial charge in [0.05, 0.1) is 28.7 Å². The van der Waals surface area contributed by atoms with Gasteiger partial charge in [0.1, 0.15) is 12.3 Å². The fourth-order valence-corrected chi connectivity index (χ4v) is 4.20. The molecule has 1 fully saturated rings. The normalized spacial score (nSPS) is 18.2. The van der Waals surface area contributed by atoms with Crippen molar-refractivity contribution >= 4 is 29.1 Å².